The van der Waals surface area contributed by atoms with Crippen LogP contribution in [0.25, 0.3) is 6.08 Å². The fourth-order valence-corrected chi connectivity index (χ4v) is 2.42. The largest absolute Gasteiger partial charge is 0.488 e. The number of hydrogen-bond donors (Lipinski definition) is 1. The number of carbonyl (C=O) groups excluding carboxylic acids is 1. The summed E-state index contributed by atoms with van der Waals surface area (Å²) in [5, 5.41) is 12.0. The van der Waals surface area contributed by atoms with Crippen molar-refractivity contribution in [1.82, 2.24) is 5.32 Å². The molecule has 4 nitrogen and oxygen atoms in total. The zero-order chi connectivity index (χ0) is 16.8. The predicted octanol–water partition coefficient (Wildman–Crippen LogP) is 3.23. The number of benzene rings is 2. The molecule has 118 valence electrons. The Morgan fingerprint density at radius 1 is 1.17 bits per heavy atom. The molecule has 0 saturated heterocycles. The monoisotopic (exact) mass is 316 g/mol. The molecule has 1 aliphatic heterocycles. The van der Waals surface area contributed by atoms with Gasteiger partial charge in [0.15, 0.2) is 0 Å². The first-order valence-electron chi connectivity index (χ1n) is 7.62. The molecule has 1 N–H and O–H groups in total. The van der Waals surface area contributed by atoms with Gasteiger partial charge < -0.3 is 10.1 Å². The van der Waals surface area contributed by atoms with Gasteiger partial charge in [-0.25, -0.2) is 0 Å². The molecule has 1 heterocycles. The highest BCUT2D eigenvalue weighted by Crippen LogP contribution is 2.26. The average Bonchev–Trinajstić information content (AvgIpc) is 2.65. The Labute approximate surface area is 140 Å². The maximum absolute atomic E-state index is 12.2. The van der Waals surface area contributed by atoms with Crippen molar-refractivity contribution >= 4 is 12.0 Å². The number of ether oxygens (including phenoxy) is 1. The predicted molar refractivity (Wildman–Crippen MR) is 91.9 cm³/mol. The molecule has 0 unspecified atom stereocenters. The highest BCUT2D eigenvalue weighted by Gasteiger charge is 2.13. The molecule has 0 saturated carbocycles. The van der Waals surface area contributed by atoms with E-state index in [2.05, 4.69) is 5.32 Å². The Morgan fingerprint density at radius 2 is 1.92 bits per heavy atom. The molecule has 4 heteroatoms. The minimum atomic E-state index is -0.388. The van der Waals surface area contributed by atoms with Gasteiger partial charge in [-0.3, -0.25) is 4.79 Å². The van der Waals surface area contributed by atoms with Crippen molar-refractivity contribution in [2.45, 2.75) is 6.54 Å². The Hall–Kier alpha value is -3.32. The third-order valence-electron chi connectivity index (χ3n) is 3.64. The van der Waals surface area contributed by atoms with Crippen LogP contribution in [0.3, 0.4) is 0 Å². The van der Waals surface area contributed by atoms with E-state index >= 15 is 0 Å². The van der Waals surface area contributed by atoms with E-state index < -0.39 is 0 Å². The van der Waals surface area contributed by atoms with Crippen molar-refractivity contribution in [2.75, 3.05) is 6.61 Å². The molecule has 0 bridgehead atoms. The molecule has 24 heavy (non-hydrogen) atoms. The molecule has 0 spiro atoms. The number of para-hydroxylation sites is 1. The fourth-order valence-electron chi connectivity index (χ4n) is 2.42. The topological polar surface area (TPSA) is 62.1 Å². The number of rotatable bonds is 4. The zero-order valence-corrected chi connectivity index (χ0v) is 13.0. The summed E-state index contributed by atoms with van der Waals surface area (Å²) in [6.45, 7) is 0.727. The lowest BCUT2D eigenvalue weighted by atomic mass is 10.1. The summed E-state index contributed by atoms with van der Waals surface area (Å²) >= 11 is 0. The molecule has 0 radical (unpaired) electrons. The van der Waals surface area contributed by atoms with E-state index in [1.165, 1.54) is 0 Å². The highest BCUT2D eigenvalue weighted by atomic mass is 16.5. The van der Waals surface area contributed by atoms with E-state index in [4.69, 9.17) is 4.74 Å². The Kier molecular flexibility index (Phi) is 4.73. The SMILES string of the molecule is N#C/C(=C/C1=Cc2ccccc2OC1)C(=O)NCc1ccccc1. The Morgan fingerprint density at radius 3 is 2.71 bits per heavy atom. The normalized spacial score (nSPS) is 13.1. The average molecular weight is 316 g/mol. The van der Waals surface area contributed by atoms with Crippen molar-refractivity contribution < 1.29 is 9.53 Å². The van der Waals surface area contributed by atoms with E-state index in [0.29, 0.717) is 13.2 Å². The standard InChI is InChI=1S/C20H16N2O2/c21-12-18(20(23)22-13-15-6-2-1-3-7-15)11-16-10-17-8-4-5-9-19(17)24-14-16/h1-11H,13-14H2,(H,22,23)/b18-11-. The van der Waals surface area contributed by atoms with Crippen LogP contribution in [-0.4, -0.2) is 12.5 Å². The van der Waals surface area contributed by atoms with E-state index in [-0.39, 0.29) is 11.5 Å². The lowest BCUT2D eigenvalue weighted by Crippen LogP contribution is -2.24. The Bertz CT molecular complexity index is 845. The van der Waals surface area contributed by atoms with Gasteiger partial charge in [0.2, 0.25) is 0 Å². The van der Waals surface area contributed by atoms with Crippen LogP contribution in [0.4, 0.5) is 0 Å². The van der Waals surface area contributed by atoms with Crippen LogP contribution in [0.1, 0.15) is 11.1 Å². The maximum atomic E-state index is 12.2. The smallest absolute Gasteiger partial charge is 0.262 e. The van der Waals surface area contributed by atoms with Crippen LogP contribution in [0.2, 0.25) is 0 Å². The number of hydrogen-bond acceptors (Lipinski definition) is 3. The molecule has 0 fully saturated rings. The van der Waals surface area contributed by atoms with E-state index in [1.807, 2.05) is 66.7 Å². The molecule has 1 amide bonds. The zero-order valence-electron chi connectivity index (χ0n) is 13.0. The van der Waals surface area contributed by atoms with Gasteiger partial charge in [0, 0.05) is 12.1 Å². The minimum absolute atomic E-state index is 0.0696. The summed E-state index contributed by atoms with van der Waals surface area (Å²) in [6.07, 6.45) is 3.51. The third kappa shape index (κ3) is 3.71. The molecule has 2 aromatic carbocycles. The van der Waals surface area contributed by atoms with Crippen LogP contribution >= 0.6 is 0 Å². The maximum Gasteiger partial charge on any atom is 0.262 e. The number of carbonyl (C=O) groups is 1. The van der Waals surface area contributed by atoms with Crippen LogP contribution in [0, 0.1) is 11.3 Å². The number of amides is 1. The van der Waals surface area contributed by atoms with Gasteiger partial charge in [0.05, 0.1) is 0 Å². The number of fused-ring (bicyclic) bond motifs is 1. The second-order valence-corrected chi connectivity index (χ2v) is 5.38. The summed E-state index contributed by atoms with van der Waals surface area (Å²) < 4.78 is 5.64. The molecule has 2 aromatic rings. The number of nitrogens with one attached hydrogen (secondary N) is 1. The molecule has 3 rings (SSSR count). The summed E-state index contributed by atoms with van der Waals surface area (Å²) in [5.74, 6) is 0.419. The van der Waals surface area contributed by atoms with Gasteiger partial charge in [-0.15, -0.1) is 0 Å². The van der Waals surface area contributed by atoms with Gasteiger partial charge in [-0.2, -0.15) is 5.26 Å². The van der Waals surface area contributed by atoms with Crippen LogP contribution in [0.15, 0.2) is 71.8 Å². The molecular weight excluding hydrogens is 300 g/mol. The quantitative estimate of drug-likeness (QED) is 0.696. The highest BCUT2D eigenvalue weighted by molar-refractivity contribution is 5.98. The van der Waals surface area contributed by atoms with E-state index in [9.17, 15) is 10.1 Å². The van der Waals surface area contributed by atoms with Crippen molar-refractivity contribution in [3.05, 3.63) is 82.9 Å². The van der Waals surface area contributed by atoms with Gasteiger partial charge in [0.25, 0.3) is 5.91 Å². The first-order valence-corrected chi connectivity index (χ1v) is 7.62. The molecule has 1 aliphatic rings. The van der Waals surface area contributed by atoms with Crippen molar-refractivity contribution in [3.63, 3.8) is 0 Å². The van der Waals surface area contributed by atoms with Crippen molar-refractivity contribution in [1.29, 1.82) is 5.26 Å². The lowest BCUT2D eigenvalue weighted by Gasteiger charge is -2.16. The molecule has 0 atom stereocenters. The molecule has 0 aromatic heterocycles. The van der Waals surface area contributed by atoms with Crippen LogP contribution in [0.5, 0.6) is 5.75 Å². The summed E-state index contributed by atoms with van der Waals surface area (Å²) in [6, 6.07) is 19.2. The minimum Gasteiger partial charge on any atom is -0.488 e. The van der Waals surface area contributed by atoms with Crippen LogP contribution in [-0.2, 0) is 11.3 Å². The van der Waals surface area contributed by atoms with E-state index in [1.54, 1.807) is 6.08 Å². The Balaban J connectivity index is 1.72. The van der Waals surface area contributed by atoms with Gasteiger partial charge in [-0.1, -0.05) is 48.5 Å². The van der Waals surface area contributed by atoms with Gasteiger partial charge in [-0.05, 0) is 29.4 Å². The van der Waals surface area contributed by atoms with E-state index in [0.717, 1.165) is 22.4 Å². The second-order valence-electron chi connectivity index (χ2n) is 5.38. The van der Waals surface area contributed by atoms with Crippen molar-refractivity contribution in [3.8, 4) is 11.8 Å². The lowest BCUT2D eigenvalue weighted by molar-refractivity contribution is -0.117. The third-order valence-corrected chi connectivity index (χ3v) is 3.64. The second kappa shape index (κ2) is 7.30. The van der Waals surface area contributed by atoms with Gasteiger partial charge in [0.1, 0.15) is 24.0 Å². The fraction of sp³-hybridized carbons (Fsp3) is 0.100. The first kappa shape index (κ1) is 15.6. The summed E-state index contributed by atoms with van der Waals surface area (Å²) in [7, 11) is 0. The molecule has 0 aliphatic carbocycles. The number of nitriles is 1. The summed E-state index contributed by atoms with van der Waals surface area (Å²) in [5.41, 5.74) is 2.79. The van der Waals surface area contributed by atoms with Crippen LogP contribution < -0.4 is 10.1 Å². The summed E-state index contributed by atoms with van der Waals surface area (Å²) in [4.78, 5) is 12.2. The molecular formula is C20H16N2O2. The number of nitrogens with zero attached hydrogens (tertiary/aromatic N) is 1. The van der Waals surface area contributed by atoms with Gasteiger partial charge >= 0.3 is 0 Å². The first-order chi connectivity index (χ1) is 11.8. The van der Waals surface area contributed by atoms with Crippen molar-refractivity contribution in [2.24, 2.45) is 0 Å².